The van der Waals surface area contributed by atoms with Gasteiger partial charge in [0.2, 0.25) is 10.0 Å². The second-order valence-corrected chi connectivity index (χ2v) is 9.91. The van der Waals surface area contributed by atoms with E-state index in [2.05, 4.69) is 4.72 Å². The van der Waals surface area contributed by atoms with Crippen LogP contribution in [-0.2, 0) is 25.1 Å². The Labute approximate surface area is 170 Å². The maximum Gasteiger partial charge on any atom is 0.494 e. The summed E-state index contributed by atoms with van der Waals surface area (Å²) in [5.41, 5.74) is -0.337. The summed E-state index contributed by atoms with van der Waals surface area (Å²) in [5, 5.41) is 0.337. The molecule has 1 aliphatic rings. The number of hydrogen-bond acceptors (Lipinski definition) is 4. The van der Waals surface area contributed by atoms with Crippen LogP contribution in [-0.4, -0.2) is 26.7 Å². The highest BCUT2D eigenvalue weighted by molar-refractivity contribution is 7.91. The van der Waals surface area contributed by atoms with Crippen LogP contribution < -0.4 is 10.2 Å². The van der Waals surface area contributed by atoms with Gasteiger partial charge in [0.25, 0.3) is 0 Å². The van der Waals surface area contributed by atoms with E-state index < -0.39 is 34.2 Å². The average Bonchev–Trinajstić information content (AvgIpc) is 2.79. The van der Waals surface area contributed by atoms with Crippen molar-refractivity contribution in [2.75, 3.05) is 4.72 Å². The van der Waals surface area contributed by atoms with Gasteiger partial charge in [0, 0.05) is 5.02 Å². The molecule has 0 radical (unpaired) electrons. The molecule has 0 amide bonds. The molecule has 1 heterocycles. The van der Waals surface area contributed by atoms with Crippen LogP contribution in [0.15, 0.2) is 42.5 Å². The lowest BCUT2D eigenvalue weighted by Gasteiger charge is -2.32. The molecular formula is C19H22BClFNO4S. The third-order valence-corrected chi connectivity index (χ3v) is 6.68. The molecule has 0 spiro atoms. The minimum Gasteiger partial charge on any atom is -0.399 e. The summed E-state index contributed by atoms with van der Waals surface area (Å²) in [6, 6.07) is 10.8. The number of halogens is 2. The van der Waals surface area contributed by atoms with Gasteiger partial charge in [-0.2, -0.15) is 0 Å². The molecule has 0 unspecified atom stereocenters. The first-order valence-electron chi connectivity index (χ1n) is 8.79. The maximum absolute atomic E-state index is 14.6. The van der Waals surface area contributed by atoms with Gasteiger partial charge in [-0.3, -0.25) is 4.72 Å². The fourth-order valence-corrected chi connectivity index (χ4v) is 4.28. The topological polar surface area (TPSA) is 64.6 Å². The Morgan fingerprint density at radius 3 is 2.25 bits per heavy atom. The van der Waals surface area contributed by atoms with Crippen molar-refractivity contribution in [1.29, 1.82) is 0 Å². The molecule has 9 heteroatoms. The second kappa shape index (κ2) is 7.33. The van der Waals surface area contributed by atoms with Gasteiger partial charge in [-0.15, -0.1) is 0 Å². The minimum absolute atomic E-state index is 0.146. The number of hydrogen-bond donors (Lipinski definition) is 1. The Morgan fingerprint density at radius 1 is 1.07 bits per heavy atom. The summed E-state index contributed by atoms with van der Waals surface area (Å²) in [7, 11) is -4.57. The fourth-order valence-electron chi connectivity index (χ4n) is 2.76. The molecule has 0 aromatic heterocycles. The van der Waals surface area contributed by atoms with E-state index in [9.17, 15) is 12.8 Å². The average molecular weight is 426 g/mol. The Bertz CT molecular complexity index is 981. The first-order chi connectivity index (χ1) is 12.9. The summed E-state index contributed by atoms with van der Waals surface area (Å²) in [6.45, 7) is 7.61. The monoisotopic (exact) mass is 425 g/mol. The van der Waals surface area contributed by atoms with Crippen LogP contribution in [0, 0.1) is 5.82 Å². The molecule has 0 bridgehead atoms. The van der Waals surface area contributed by atoms with Crippen LogP contribution in [0.5, 0.6) is 0 Å². The number of nitrogens with one attached hydrogen (secondary N) is 1. The molecule has 5 nitrogen and oxygen atoms in total. The van der Waals surface area contributed by atoms with Gasteiger partial charge in [-0.05, 0) is 56.9 Å². The van der Waals surface area contributed by atoms with E-state index >= 15 is 0 Å². The fraction of sp³-hybridized carbons (Fsp3) is 0.368. The number of rotatable bonds is 5. The Balaban J connectivity index is 1.77. The molecule has 0 aliphatic carbocycles. The minimum atomic E-state index is -3.84. The summed E-state index contributed by atoms with van der Waals surface area (Å²) in [5.74, 6) is -1.07. The largest absolute Gasteiger partial charge is 0.494 e. The third kappa shape index (κ3) is 4.35. The third-order valence-electron chi connectivity index (χ3n) is 5.09. The van der Waals surface area contributed by atoms with Gasteiger partial charge in [0.05, 0.1) is 22.6 Å². The highest BCUT2D eigenvalue weighted by atomic mass is 35.5. The lowest BCUT2D eigenvalue weighted by Crippen LogP contribution is -2.41. The number of sulfonamides is 1. The van der Waals surface area contributed by atoms with E-state index in [1.807, 2.05) is 27.7 Å². The van der Waals surface area contributed by atoms with E-state index in [1.54, 1.807) is 30.3 Å². The van der Waals surface area contributed by atoms with Crippen molar-refractivity contribution in [2.24, 2.45) is 0 Å². The van der Waals surface area contributed by atoms with Gasteiger partial charge in [-0.25, -0.2) is 12.8 Å². The molecule has 3 rings (SSSR count). The highest BCUT2D eigenvalue weighted by Gasteiger charge is 2.51. The molecule has 2 aromatic carbocycles. The zero-order chi connectivity index (χ0) is 20.7. The summed E-state index contributed by atoms with van der Waals surface area (Å²) < 4.78 is 53.4. The van der Waals surface area contributed by atoms with Crippen molar-refractivity contribution in [1.82, 2.24) is 0 Å². The quantitative estimate of drug-likeness (QED) is 0.742. The maximum atomic E-state index is 14.6. The summed E-state index contributed by atoms with van der Waals surface area (Å²) >= 11 is 6.01. The van der Waals surface area contributed by atoms with Gasteiger partial charge in [0.1, 0.15) is 5.82 Å². The van der Waals surface area contributed by atoms with Crippen LogP contribution >= 0.6 is 11.6 Å². The van der Waals surface area contributed by atoms with E-state index in [1.165, 1.54) is 12.1 Å². The van der Waals surface area contributed by atoms with Crippen LogP contribution in [0.2, 0.25) is 5.02 Å². The van der Waals surface area contributed by atoms with Gasteiger partial charge >= 0.3 is 7.12 Å². The van der Waals surface area contributed by atoms with Crippen LogP contribution in [0.4, 0.5) is 10.1 Å². The second-order valence-electron chi connectivity index (χ2n) is 7.78. The molecule has 0 atom stereocenters. The lowest BCUT2D eigenvalue weighted by molar-refractivity contribution is 0.00578. The molecule has 1 aliphatic heterocycles. The lowest BCUT2D eigenvalue weighted by atomic mass is 9.79. The number of anilines is 1. The normalized spacial score (nSPS) is 18.3. The van der Waals surface area contributed by atoms with Crippen molar-refractivity contribution in [3.05, 3.63) is 58.9 Å². The molecular weight excluding hydrogens is 404 g/mol. The van der Waals surface area contributed by atoms with Crippen molar-refractivity contribution in [3.8, 4) is 0 Å². The molecule has 1 fully saturated rings. The summed E-state index contributed by atoms with van der Waals surface area (Å²) in [4.78, 5) is 0. The SMILES string of the molecule is CC1(C)OB(c2ccc(NS(=O)(=O)Cc3ccccc3Cl)c(F)c2)OC1(C)C. The predicted molar refractivity (Wildman–Crippen MR) is 110 cm³/mol. The first-order valence-corrected chi connectivity index (χ1v) is 10.8. The zero-order valence-corrected chi connectivity index (χ0v) is 17.7. The standard InChI is InChI=1S/C19H22BClFNO4S/c1-18(2)19(3,4)27-20(26-18)14-9-10-17(16(22)11-14)23-28(24,25)12-13-7-5-6-8-15(13)21/h5-11,23H,12H2,1-4H3. The Morgan fingerprint density at radius 2 is 1.68 bits per heavy atom. The molecule has 28 heavy (non-hydrogen) atoms. The summed E-state index contributed by atoms with van der Waals surface area (Å²) in [6.07, 6.45) is 0. The van der Waals surface area contributed by atoms with Crippen LogP contribution in [0.1, 0.15) is 33.3 Å². The molecule has 2 aromatic rings. The Hall–Kier alpha value is -1.61. The molecule has 150 valence electrons. The van der Waals surface area contributed by atoms with Crippen molar-refractivity contribution in [2.45, 2.75) is 44.6 Å². The van der Waals surface area contributed by atoms with E-state index in [4.69, 9.17) is 20.9 Å². The van der Waals surface area contributed by atoms with Crippen LogP contribution in [0.3, 0.4) is 0 Å². The van der Waals surface area contributed by atoms with Crippen molar-refractivity contribution in [3.63, 3.8) is 0 Å². The first kappa shape index (κ1) is 21.1. The van der Waals surface area contributed by atoms with E-state index in [-0.39, 0.29) is 11.4 Å². The highest BCUT2D eigenvalue weighted by Crippen LogP contribution is 2.36. The number of benzene rings is 2. The van der Waals surface area contributed by atoms with Crippen LogP contribution in [0.25, 0.3) is 0 Å². The van der Waals surface area contributed by atoms with Gasteiger partial charge < -0.3 is 9.31 Å². The van der Waals surface area contributed by atoms with E-state index in [0.717, 1.165) is 0 Å². The van der Waals surface area contributed by atoms with Crippen molar-refractivity contribution < 1.29 is 22.1 Å². The van der Waals surface area contributed by atoms with E-state index in [0.29, 0.717) is 16.0 Å². The zero-order valence-electron chi connectivity index (χ0n) is 16.1. The van der Waals surface area contributed by atoms with Crippen molar-refractivity contribution >= 4 is 39.9 Å². The Kier molecular flexibility index (Phi) is 5.53. The predicted octanol–water partition coefficient (Wildman–Crippen LogP) is 3.72. The van der Waals surface area contributed by atoms with Gasteiger partial charge in [-0.1, -0.05) is 35.9 Å². The van der Waals surface area contributed by atoms with Gasteiger partial charge in [0.15, 0.2) is 0 Å². The molecule has 1 saturated heterocycles. The molecule has 1 N–H and O–H groups in total. The molecule has 0 saturated carbocycles. The smallest absolute Gasteiger partial charge is 0.399 e.